The summed E-state index contributed by atoms with van der Waals surface area (Å²) in [6.45, 7) is 2.64. The van der Waals surface area contributed by atoms with Gasteiger partial charge in [-0.25, -0.2) is 4.98 Å². The predicted molar refractivity (Wildman–Crippen MR) is 78.2 cm³/mol. The quantitative estimate of drug-likeness (QED) is 0.755. The van der Waals surface area contributed by atoms with Gasteiger partial charge in [0.15, 0.2) is 4.77 Å². The molecule has 3 rings (SSSR count). The summed E-state index contributed by atoms with van der Waals surface area (Å²) in [6, 6.07) is 1.85. The largest absolute Gasteiger partial charge is 0.335 e. The van der Waals surface area contributed by atoms with Gasteiger partial charge in [0, 0.05) is 18.9 Å². The molecule has 0 aliphatic rings. The molecule has 3 heterocycles. The normalized spacial score (nSPS) is 12.9. The number of hydrogen-bond acceptors (Lipinski definition) is 4. The first-order valence-electron chi connectivity index (χ1n) is 5.84. The Labute approximate surface area is 118 Å². The van der Waals surface area contributed by atoms with Crippen LogP contribution in [0.3, 0.4) is 0 Å². The molecule has 0 aliphatic carbocycles. The molecule has 0 amide bonds. The molecule has 3 aromatic rings. The van der Waals surface area contributed by atoms with E-state index in [-0.39, 0.29) is 11.6 Å². The number of nitrogens with zero attached hydrogens (tertiary/aromatic N) is 3. The van der Waals surface area contributed by atoms with Crippen LogP contribution in [0.4, 0.5) is 0 Å². The Morgan fingerprint density at radius 1 is 1.58 bits per heavy atom. The number of rotatable bonds is 3. The first kappa shape index (κ1) is 12.3. The van der Waals surface area contributed by atoms with E-state index < -0.39 is 0 Å². The van der Waals surface area contributed by atoms with Crippen LogP contribution in [0.25, 0.3) is 10.2 Å². The topological polar surface area (TPSA) is 55.6 Å². The summed E-state index contributed by atoms with van der Waals surface area (Å²) >= 11 is 6.72. The SMILES string of the molecule is CC(Cn1ccnc1)n1c(=S)[nH]c2ccsc2c1=O. The summed E-state index contributed by atoms with van der Waals surface area (Å²) in [5.74, 6) is 0. The van der Waals surface area contributed by atoms with Crippen molar-refractivity contribution in [3.05, 3.63) is 45.3 Å². The maximum Gasteiger partial charge on any atom is 0.272 e. The molecule has 1 atom stereocenters. The molecular weight excluding hydrogens is 280 g/mol. The Hall–Kier alpha value is -1.73. The summed E-state index contributed by atoms with van der Waals surface area (Å²) in [4.78, 5) is 19.5. The molecule has 0 aliphatic heterocycles. The highest BCUT2D eigenvalue weighted by atomic mass is 32.1. The second-order valence-electron chi connectivity index (χ2n) is 4.38. The number of thiophene rings is 1. The lowest BCUT2D eigenvalue weighted by Crippen LogP contribution is -2.26. The summed E-state index contributed by atoms with van der Waals surface area (Å²) < 4.78 is 4.74. The molecule has 0 radical (unpaired) electrons. The zero-order valence-electron chi connectivity index (χ0n) is 10.2. The van der Waals surface area contributed by atoms with E-state index in [0.717, 1.165) is 5.52 Å². The molecular formula is C12H12N4OS2. The molecule has 0 bridgehead atoms. The average molecular weight is 292 g/mol. The molecule has 3 aromatic heterocycles. The van der Waals surface area contributed by atoms with E-state index in [2.05, 4.69) is 9.97 Å². The van der Waals surface area contributed by atoms with E-state index in [1.807, 2.05) is 29.1 Å². The Morgan fingerprint density at radius 2 is 2.42 bits per heavy atom. The highest BCUT2D eigenvalue weighted by molar-refractivity contribution is 7.71. The minimum absolute atomic E-state index is 0.0265. The fourth-order valence-electron chi connectivity index (χ4n) is 2.13. The maximum atomic E-state index is 12.4. The summed E-state index contributed by atoms with van der Waals surface area (Å²) in [6.07, 6.45) is 5.33. The lowest BCUT2D eigenvalue weighted by molar-refractivity contribution is 0.446. The Balaban J connectivity index is 2.09. The van der Waals surface area contributed by atoms with Gasteiger partial charge in [0.25, 0.3) is 5.56 Å². The number of nitrogens with one attached hydrogen (secondary N) is 1. The van der Waals surface area contributed by atoms with Crippen molar-refractivity contribution in [1.82, 2.24) is 19.1 Å². The van der Waals surface area contributed by atoms with Gasteiger partial charge in [0.05, 0.1) is 17.9 Å². The molecule has 1 unspecified atom stereocenters. The minimum Gasteiger partial charge on any atom is -0.335 e. The van der Waals surface area contributed by atoms with Gasteiger partial charge >= 0.3 is 0 Å². The second kappa shape index (κ2) is 4.75. The highest BCUT2D eigenvalue weighted by Gasteiger charge is 2.12. The van der Waals surface area contributed by atoms with Crippen molar-refractivity contribution in [1.29, 1.82) is 0 Å². The van der Waals surface area contributed by atoms with Crippen LogP contribution in [0.1, 0.15) is 13.0 Å². The van der Waals surface area contributed by atoms with Crippen molar-refractivity contribution in [2.45, 2.75) is 19.5 Å². The smallest absolute Gasteiger partial charge is 0.272 e. The standard InChI is InChI=1S/C12H12N4OS2/c1-8(6-15-4-3-13-7-15)16-11(17)10-9(2-5-19-10)14-12(16)18/h2-5,7-8H,6H2,1H3,(H,14,18). The lowest BCUT2D eigenvalue weighted by atomic mass is 10.3. The van der Waals surface area contributed by atoms with E-state index in [1.54, 1.807) is 17.1 Å². The minimum atomic E-state index is -0.0306. The monoisotopic (exact) mass is 292 g/mol. The van der Waals surface area contributed by atoms with Gasteiger partial charge in [0.1, 0.15) is 4.70 Å². The number of aromatic amines is 1. The summed E-state index contributed by atoms with van der Waals surface area (Å²) in [5.41, 5.74) is 0.785. The van der Waals surface area contributed by atoms with Gasteiger partial charge in [-0.2, -0.15) is 0 Å². The number of fused-ring (bicyclic) bond motifs is 1. The highest BCUT2D eigenvalue weighted by Crippen LogP contribution is 2.16. The first-order valence-corrected chi connectivity index (χ1v) is 7.13. The molecule has 0 aromatic carbocycles. The van der Waals surface area contributed by atoms with Crippen molar-refractivity contribution < 1.29 is 0 Å². The molecule has 0 saturated heterocycles. The predicted octanol–water partition coefficient (Wildman–Crippen LogP) is 2.58. The number of hydrogen-bond donors (Lipinski definition) is 1. The molecule has 98 valence electrons. The summed E-state index contributed by atoms with van der Waals surface area (Å²) in [7, 11) is 0. The molecule has 0 fully saturated rings. The Bertz CT molecular complexity index is 812. The van der Waals surface area contributed by atoms with E-state index in [9.17, 15) is 4.79 Å². The van der Waals surface area contributed by atoms with E-state index in [4.69, 9.17) is 12.2 Å². The van der Waals surface area contributed by atoms with Gasteiger partial charge < -0.3 is 9.55 Å². The lowest BCUT2D eigenvalue weighted by Gasteiger charge is -2.15. The second-order valence-corrected chi connectivity index (χ2v) is 5.68. The molecule has 1 N–H and O–H groups in total. The van der Waals surface area contributed by atoms with Crippen LogP contribution in [0.15, 0.2) is 35.0 Å². The molecule has 5 nitrogen and oxygen atoms in total. The fraction of sp³-hybridized carbons (Fsp3) is 0.250. The van der Waals surface area contributed by atoms with Gasteiger partial charge in [-0.1, -0.05) is 0 Å². The molecule has 7 heteroatoms. The number of aromatic nitrogens is 4. The van der Waals surface area contributed by atoms with Crippen molar-refractivity contribution >= 4 is 33.8 Å². The molecule has 19 heavy (non-hydrogen) atoms. The number of imidazole rings is 1. The van der Waals surface area contributed by atoms with Crippen LogP contribution in [0, 0.1) is 4.77 Å². The maximum absolute atomic E-state index is 12.4. The summed E-state index contributed by atoms with van der Waals surface area (Å²) in [5, 5.41) is 1.89. The number of H-pyrrole nitrogens is 1. The van der Waals surface area contributed by atoms with Gasteiger partial charge in [-0.15, -0.1) is 11.3 Å². The van der Waals surface area contributed by atoms with Gasteiger partial charge in [-0.3, -0.25) is 9.36 Å². The Morgan fingerprint density at radius 3 is 3.16 bits per heavy atom. The van der Waals surface area contributed by atoms with Crippen LogP contribution in [-0.4, -0.2) is 19.1 Å². The Kier molecular flexibility index (Phi) is 3.08. The van der Waals surface area contributed by atoms with Crippen LogP contribution in [-0.2, 0) is 6.54 Å². The van der Waals surface area contributed by atoms with E-state index >= 15 is 0 Å². The van der Waals surface area contributed by atoms with Gasteiger partial charge in [0.2, 0.25) is 0 Å². The van der Waals surface area contributed by atoms with E-state index in [0.29, 0.717) is 16.0 Å². The zero-order chi connectivity index (χ0) is 13.4. The average Bonchev–Trinajstić information content (AvgIpc) is 2.99. The van der Waals surface area contributed by atoms with Gasteiger partial charge in [-0.05, 0) is 30.6 Å². The van der Waals surface area contributed by atoms with Crippen LogP contribution in [0.5, 0.6) is 0 Å². The van der Waals surface area contributed by atoms with Crippen LogP contribution in [0.2, 0.25) is 0 Å². The molecule has 0 saturated carbocycles. The fourth-order valence-corrected chi connectivity index (χ4v) is 3.29. The third-order valence-electron chi connectivity index (χ3n) is 3.01. The van der Waals surface area contributed by atoms with Crippen LogP contribution >= 0.6 is 23.6 Å². The van der Waals surface area contributed by atoms with Crippen LogP contribution < -0.4 is 5.56 Å². The van der Waals surface area contributed by atoms with E-state index in [1.165, 1.54) is 11.3 Å². The van der Waals surface area contributed by atoms with Crippen molar-refractivity contribution in [3.8, 4) is 0 Å². The van der Waals surface area contributed by atoms with Crippen molar-refractivity contribution in [2.24, 2.45) is 0 Å². The first-order chi connectivity index (χ1) is 9.16. The third kappa shape index (κ3) is 2.15. The molecule has 0 spiro atoms. The third-order valence-corrected chi connectivity index (χ3v) is 4.21. The van der Waals surface area contributed by atoms with Crippen molar-refractivity contribution in [3.63, 3.8) is 0 Å². The zero-order valence-corrected chi connectivity index (χ0v) is 11.9. The van der Waals surface area contributed by atoms with Crippen molar-refractivity contribution in [2.75, 3.05) is 0 Å².